The minimum Gasteiger partial charge on any atom is -0.492 e. The second-order valence-corrected chi connectivity index (χ2v) is 8.72. The van der Waals surface area contributed by atoms with Gasteiger partial charge in [0, 0.05) is 11.3 Å². The minimum absolute atomic E-state index is 0.00877. The van der Waals surface area contributed by atoms with E-state index in [0.717, 1.165) is 36.7 Å². The van der Waals surface area contributed by atoms with E-state index in [1.807, 2.05) is 12.1 Å². The van der Waals surface area contributed by atoms with Gasteiger partial charge in [0.2, 0.25) is 10.8 Å². The predicted molar refractivity (Wildman–Crippen MR) is 115 cm³/mol. The monoisotopic (exact) mass is 424 g/mol. The molecule has 0 saturated carbocycles. The smallest absolute Gasteiger partial charge is 0.235 e. The van der Waals surface area contributed by atoms with E-state index >= 15 is 0 Å². The Labute approximate surface area is 177 Å². The molecule has 2 aromatic carbocycles. The van der Waals surface area contributed by atoms with Crippen LogP contribution in [0.4, 0.5) is 10.1 Å². The van der Waals surface area contributed by atoms with Crippen LogP contribution in [0.15, 0.2) is 54.9 Å². The first-order chi connectivity index (χ1) is 14.6. The van der Waals surface area contributed by atoms with Crippen molar-refractivity contribution in [1.29, 1.82) is 0 Å². The van der Waals surface area contributed by atoms with E-state index in [0.29, 0.717) is 4.96 Å². The predicted octanol–water partition coefficient (Wildman–Crippen LogP) is 2.44. The highest BCUT2D eigenvalue weighted by molar-refractivity contribution is 7.17. The van der Waals surface area contributed by atoms with Crippen LogP contribution in [0.1, 0.15) is 22.0 Å². The maximum absolute atomic E-state index is 13.3. The van der Waals surface area contributed by atoms with E-state index in [2.05, 4.69) is 46.2 Å². The van der Waals surface area contributed by atoms with Gasteiger partial charge in [0.1, 0.15) is 17.0 Å². The number of aryl methyl sites for hydroxylation is 1. The molecule has 4 aromatic rings. The van der Waals surface area contributed by atoms with E-state index in [9.17, 15) is 9.50 Å². The molecule has 2 N–H and O–H groups in total. The molecule has 1 aliphatic heterocycles. The molecule has 0 radical (unpaired) electrons. The number of hydrogen-bond acceptors (Lipinski definition) is 5. The lowest BCUT2D eigenvalue weighted by Gasteiger charge is -2.37. The summed E-state index contributed by atoms with van der Waals surface area (Å²) in [5.74, 6) is -0.0409. The first-order valence-electron chi connectivity index (χ1n) is 10.0. The van der Waals surface area contributed by atoms with Gasteiger partial charge in [0.05, 0.1) is 26.2 Å². The summed E-state index contributed by atoms with van der Waals surface area (Å²) in [5.41, 5.74) is 3.43. The fourth-order valence-electron chi connectivity index (χ4n) is 4.21. The van der Waals surface area contributed by atoms with E-state index < -0.39 is 0 Å². The first-order valence-corrected chi connectivity index (χ1v) is 10.8. The van der Waals surface area contributed by atoms with Crippen LogP contribution in [0, 0.1) is 12.7 Å². The molecule has 8 heteroatoms. The number of piperazine rings is 1. The second-order valence-electron chi connectivity index (χ2n) is 7.71. The van der Waals surface area contributed by atoms with Crippen molar-refractivity contribution in [2.45, 2.75) is 13.0 Å². The average molecular weight is 425 g/mol. The van der Waals surface area contributed by atoms with Gasteiger partial charge in [-0.1, -0.05) is 41.2 Å². The molecule has 0 amide bonds. The lowest BCUT2D eigenvalue weighted by Crippen LogP contribution is -3.15. The molecule has 0 unspecified atom stereocenters. The van der Waals surface area contributed by atoms with Crippen LogP contribution in [0.2, 0.25) is 0 Å². The van der Waals surface area contributed by atoms with Crippen molar-refractivity contribution in [1.82, 2.24) is 14.6 Å². The number of nitrogens with one attached hydrogen (secondary N) is 1. The Bertz CT molecular complexity index is 1150. The third kappa shape index (κ3) is 3.42. The fraction of sp³-hybridized carbons (Fsp3) is 0.273. The van der Waals surface area contributed by atoms with Crippen LogP contribution in [0.25, 0.3) is 4.96 Å². The number of quaternary nitrogens is 1. The van der Waals surface area contributed by atoms with Crippen LogP contribution in [0.5, 0.6) is 5.88 Å². The Morgan fingerprint density at radius 2 is 1.77 bits per heavy atom. The quantitative estimate of drug-likeness (QED) is 0.528. The summed E-state index contributed by atoms with van der Waals surface area (Å²) >= 11 is 1.49. The number of benzene rings is 2. The molecule has 1 aliphatic rings. The van der Waals surface area contributed by atoms with Crippen molar-refractivity contribution >= 4 is 22.0 Å². The summed E-state index contributed by atoms with van der Waals surface area (Å²) in [4.78, 5) is 9.52. The molecule has 1 saturated heterocycles. The van der Waals surface area contributed by atoms with Crippen molar-refractivity contribution in [2.75, 3.05) is 31.1 Å². The van der Waals surface area contributed by atoms with Gasteiger partial charge in [-0.05, 0) is 31.2 Å². The molecule has 5 rings (SSSR count). The van der Waals surface area contributed by atoms with Crippen LogP contribution in [0.3, 0.4) is 0 Å². The van der Waals surface area contributed by atoms with Crippen LogP contribution < -0.4 is 9.80 Å². The van der Waals surface area contributed by atoms with Gasteiger partial charge in [0.15, 0.2) is 6.04 Å². The molecule has 6 nitrogen and oxygen atoms in total. The van der Waals surface area contributed by atoms with Gasteiger partial charge in [0.25, 0.3) is 0 Å². The number of nitrogens with zero attached hydrogens (tertiary/aromatic N) is 4. The molecule has 2 aromatic heterocycles. The Hall–Kier alpha value is -2.97. The number of hydrogen-bond donors (Lipinski definition) is 2. The summed E-state index contributed by atoms with van der Waals surface area (Å²) in [7, 11) is 0. The third-order valence-electron chi connectivity index (χ3n) is 5.82. The molecular weight excluding hydrogens is 401 g/mol. The molecule has 0 aliphatic carbocycles. The minimum atomic E-state index is -0.214. The van der Waals surface area contributed by atoms with Gasteiger partial charge < -0.3 is 14.9 Å². The number of halogens is 1. The van der Waals surface area contributed by atoms with E-state index in [1.165, 1.54) is 50.3 Å². The highest BCUT2D eigenvalue weighted by Crippen LogP contribution is 2.34. The Morgan fingerprint density at radius 3 is 2.43 bits per heavy atom. The van der Waals surface area contributed by atoms with Crippen molar-refractivity contribution in [3.63, 3.8) is 0 Å². The maximum atomic E-state index is 13.3. The Balaban J connectivity index is 1.45. The zero-order chi connectivity index (χ0) is 20.7. The van der Waals surface area contributed by atoms with Crippen LogP contribution >= 0.6 is 11.3 Å². The van der Waals surface area contributed by atoms with Gasteiger partial charge in [-0.25, -0.2) is 9.37 Å². The number of rotatable bonds is 4. The molecular formula is C22H23FN5OS+. The number of fused-ring (bicyclic) bond motifs is 1. The zero-order valence-electron chi connectivity index (χ0n) is 16.6. The largest absolute Gasteiger partial charge is 0.492 e. The van der Waals surface area contributed by atoms with Gasteiger partial charge in [-0.3, -0.25) is 0 Å². The SMILES string of the molecule is Cc1ccc([C@@H](c2sc3ncnn3c2O)[NH+]2CCN(c3ccc(F)cc3)CC2)cc1. The van der Waals surface area contributed by atoms with Crippen LogP contribution in [-0.2, 0) is 0 Å². The highest BCUT2D eigenvalue weighted by atomic mass is 32.1. The first kappa shape index (κ1) is 19.0. The lowest BCUT2D eigenvalue weighted by molar-refractivity contribution is -0.925. The highest BCUT2D eigenvalue weighted by Gasteiger charge is 2.34. The summed E-state index contributed by atoms with van der Waals surface area (Å²) in [6.45, 7) is 5.62. The molecule has 1 fully saturated rings. The fourth-order valence-corrected chi connectivity index (χ4v) is 5.32. The standard InChI is InChI=1S/C22H22FN5OS/c1-15-2-4-16(5-3-15)19(20-21(29)28-22(30-20)24-14-25-28)27-12-10-26(11-13-27)18-8-6-17(23)7-9-18/h2-9,14,19,29H,10-13H2,1H3/p+1/t19-/m0/s1. The summed E-state index contributed by atoms with van der Waals surface area (Å²) in [5, 5.41) is 15.0. The van der Waals surface area contributed by atoms with Crippen molar-refractivity contribution in [2.24, 2.45) is 0 Å². The molecule has 0 bridgehead atoms. The zero-order valence-corrected chi connectivity index (χ0v) is 17.4. The van der Waals surface area contributed by atoms with Gasteiger partial charge in [-0.2, -0.15) is 9.61 Å². The normalized spacial score (nSPS) is 16.3. The van der Waals surface area contributed by atoms with Crippen molar-refractivity contribution < 1.29 is 14.4 Å². The van der Waals surface area contributed by atoms with Crippen molar-refractivity contribution in [3.05, 3.63) is 76.7 Å². The number of thiazole rings is 1. The van der Waals surface area contributed by atoms with E-state index in [1.54, 1.807) is 0 Å². The molecule has 154 valence electrons. The molecule has 1 atom stereocenters. The summed E-state index contributed by atoms with van der Waals surface area (Å²) in [6.07, 6.45) is 1.46. The molecule has 3 heterocycles. The Morgan fingerprint density at radius 1 is 1.07 bits per heavy atom. The van der Waals surface area contributed by atoms with Crippen molar-refractivity contribution in [3.8, 4) is 5.88 Å². The average Bonchev–Trinajstić information content (AvgIpc) is 3.34. The lowest BCUT2D eigenvalue weighted by atomic mass is 10.0. The van der Waals surface area contributed by atoms with E-state index in [-0.39, 0.29) is 17.7 Å². The van der Waals surface area contributed by atoms with Gasteiger partial charge >= 0.3 is 0 Å². The maximum Gasteiger partial charge on any atom is 0.235 e. The summed E-state index contributed by atoms with van der Waals surface area (Å²) in [6, 6.07) is 15.2. The third-order valence-corrected chi connectivity index (χ3v) is 6.92. The molecule has 30 heavy (non-hydrogen) atoms. The molecule has 0 spiro atoms. The summed E-state index contributed by atoms with van der Waals surface area (Å²) < 4.78 is 14.8. The number of aromatic nitrogens is 3. The Kier molecular flexibility index (Phi) is 4.88. The van der Waals surface area contributed by atoms with Gasteiger partial charge in [-0.15, -0.1) is 0 Å². The number of anilines is 1. The number of aromatic hydroxyl groups is 1. The second kappa shape index (κ2) is 7.70. The van der Waals surface area contributed by atoms with E-state index in [4.69, 9.17) is 0 Å². The van der Waals surface area contributed by atoms with Crippen LogP contribution in [-0.4, -0.2) is 45.9 Å². The topological polar surface area (TPSA) is 58.1 Å².